The van der Waals surface area contributed by atoms with Crippen LogP contribution in [0.1, 0.15) is 31.2 Å². The molecule has 0 amide bonds. The van der Waals surface area contributed by atoms with Crippen LogP contribution in [0.4, 0.5) is 0 Å². The van der Waals surface area contributed by atoms with Crippen LogP contribution in [0.3, 0.4) is 0 Å². The Bertz CT molecular complexity index is 1280. The van der Waals surface area contributed by atoms with Gasteiger partial charge in [-0.3, -0.25) is 9.36 Å². The van der Waals surface area contributed by atoms with Crippen molar-refractivity contribution in [1.29, 1.82) is 0 Å². The van der Waals surface area contributed by atoms with Crippen LogP contribution in [-0.2, 0) is 9.53 Å². The van der Waals surface area contributed by atoms with Crippen molar-refractivity contribution in [3.05, 3.63) is 84.9 Å². The van der Waals surface area contributed by atoms with E-state index in [0.717, 1.165) is 10.5 Å². The van der Waals surface area contributed by atoms with Gasteiger partial charge in [0.25, 0.3) is 5.56 Å². The van der Waals surface area contributed by atoms with Crippen LogP contribution in [0.15, 0.2) is 73.0 Å². The highest BCUT2D eigenvalue weighted by molar-refractivity contribution is 7.98. The molecule has 0 saturated heterocycles. The first-order chi connectivity index (χ1) is 14.5. The maximum Gasteiger partial charge on any atom is 0.338 e. The number of carbonyl (C=O) groups is 1. The van der Waals surface area contributed by atoms with E-state index < -0.39 is 12.0 Å². The molecule has 0 saturated carbocycles. The molecule has 1 aliphatic rings. The summed E-state index contributed by atoms with van der Waals surface area (Å²) in [4.78, 5) is 32.4. The molecule has 3 aromatic rings. The van der Waals surface area contributed by atoms with Crippen LogP contribution < -0.4 is 14.9 Å². The molecule has 1 atom stereocenters. The van der Waals surface area contributed by atoms with Gasteiger partial charge in [0.15, 0.2) is 4.80 Å². The number of allylic oxidation sites excluding steroid dienone is 1. The third-order valence-electron chi connectivity index (χ3n) is 4.77. The zero-order valence-corrected chi connectivity index (χ0v) is 18.4. The number of rotatable bonds is 5. The number of hydrogen-bond donors (Lipinski definition) is 0. The van der Waals surface area contributed by atoms with E-state index in [1.165, 1.54) is 11.3 Å². The minimum absolute atomic E-state index is 0.219. The Morgan fingerprint density at radius 1 is 1.33 bits per heavy atom. The van der Waals surface area contributed by atoms with Gasteiger partial charge in [0.1, 0.15) is 5.76 Å². The first kappa shape index (κ1) is 20.4. The largest absolute Gasteiger partial charge is 0.465 e. The smallest absolute Gasteiger partial charge is 0.338 e. The molecule has 4 rings (SSSR count). The minimum Gasteiger partial charge on any atom is -0.465 e. The molecule has 1 aliphatic heterocycles. The molecule has 1 aromatic carbocycles. The third kappa shape index (κ3) is 3.68. The van der Waals surface area contributed by atoms with Gasteiger partial charge in [0.05, 0.1) is 34.7 Å². The zero-order valence-electron chi connectivity index (χ0n) is 16.7. The summed E-state index contributed by atoms with van der Waals surface area (Å²) in [5, 5.41) is 0. The Balaban J connectivity index is 1.95. The van der Waals surface area contributed by atoms with Gasteiger partial charge in [-0.25, -0.2) is 9.79 Å². The molecule has 6 nitrogen and oxygen atoms in total. The molecule has 30 heavy (non-hydrogen) atoms. The van der Waals surface area contributed by atoms with Crippen molar-refractivity contribution in [2.24, 2.45) is 4.99 Å². The fourth-order valence-electron chi connectivity index (χ4n) is 3.40. The number of fused-ring (bicyclic) bond motifs is 1. The number of thiazole rings is 1. The van der Waals surface area contributed by atoms with Gasteiger partial charge in [-0.05, 0) is 49.9 Å². The predicted octanol–water partition coefficient (Wildman–Crippen LogP) is 3.11. The van der Waals surface area contributed by atoms with Gasteiger partial charge in [-0.1, -0.05) is 23.5 Å². The number of furan rings is 1. The van der Waals surface area contributed by atoms with Gasteiger partial charge in [0.2, 0.25) is 0 Å². The van der Waals surface area contributed by atoms with Crippen LogP contribution in [0, 0.1) is 0 Å². The molecule has 0 spiro atoms. The van der Waals surface area contributed by atoms with E-state index in [4.69, 9.17) is 9.15 Å². The summed E-state index contributed by atoms with van der Waals surface area (Å²) in [6.45, 7) is 3.78. The summed E-state index contributed by atoms with van der Waals surface area (Å²) < 4.78 is 12.7. The highest BCUT2D eigenvalue weighted by atomic mass is 32.2. The van der Waals surface area contributed by atoms with E-state index in [2.05, 4.69) is 4.99 Å². The van der Waals surface area contributed by atoms with Crippen LogP contribution in [0.5, 0.6) is 0 Å². The quantitative estimate of drug-likeness (QED) is 0.450. The highest BCUT2D eigenvalue weighted by Crippen LogP contribution is 2.31. The molecule has 0 bridgehead atoms. The summed E-state index contributed by atoms with van der Waals surface area (Å²) in [5.41, 5.74) is 1.54. The first-order valence-corrected chi connectivity index (χ1v) is 11.4. The number of aromatic nitrogens is 1. The van der Waals surface area contributed by atoms with E-state index in [1.807, 2.05) is 30.5 Å². The Labute approximate surface area is 181 Å². The molecule has 0 radical (unpaired) electrons. The van der Waals surface area contributed by atoms with E-state index in [9.17, 15) is 9.59 Å². The molecular formula is C22H20N2O4S2. The molecule has 2 aromatic heterocycles. The second-order valence-corrected chi connectivity index (χ2v) is 8.48. The number of esters is 1. The molecule has 3 heterocycles. The lowest BCUT2D eigenvalue weighted by Crippen LogP contribution is -2.39. The highest BCUT2D eigenvalue weighted by Gasteiger charge is 2.33. The zero-order chi connectivity index (χ0) is 21.3. The fourth-order valence-corrected chi connectivity index (χ4v) is 4.83. The monoisotopic (exact) mass is 440 g/mol. The number of ether oxygens (including phenoxy) is 1. The number of benzene rings is 1. The lowest BCUT2D eigenvalue weighted by molar-refractivity contribution is -0.139. The standard InChI is InChI=1S/C22H20N2O4S2/c1-4-27-21(26)18-13(2)23-22-24(19(18)14-7-9-16(29-3)10-8-14)20(25)17(30-22)12-15-6-5-11-28-15/h5-12,19H,4H2,1-3H3/b17-12+/t19-/m0/s1. The van der Waals surface area contributed by atoms with Crippen LogP contribution in [-0.4, -0.2) is 23.4 Å². The lowest BCUT2D eigenvalue weighted by atomic mass is 9.96. The van der Waals surface area contributed by atoms with E-state index in [1.54, 1.807) is 54.6 Å². The molecule has 154 valence electrons. The van der Waals surface area contributed by atoms with Gasteiger partial charge in [-0.15, -0.1) is 11.8 Å². The number of hydrogen-bond acceptors (Lipinski definition) is 7. The second-order valence-electron chi connectivity index (χ2n) is 6.59. The van der Waals surface area contributed by atoms with Gasteiger partial charge >= 0.3 is 5.97 Å². The summed E-state index contributed by atoms with van der Waals surface area (Å²) in [6, 6.07) is 10.8. The fraction of sp³-hybridized carbons (Fsp3) is 0.227. The lowest BCUT2D eigenvalue weighted by Gasteiger charge is -2.24. The van der Waals surface area contributed by atoms with Crippen LogP contribution >= 0.6 is 23.1 Å². The van der Waals surface area contributed by atoms with Crippen molar-refractivity contribution in [3.8, 4) is 0 Å². The maximum absolute atomic E-state index is 13.3. The molecular weight excluding hydrogens is 420 g/mol. The molecule has 0 N–H and O–H groups in total. The van der Waals surface area contributed by atoms with Crippen molar-refractivity contribution >= 4 is 35.1 Å². The summed E-state index contributed by atoms with van der Waals surface area (Å²) in [5.74, 6) is 0.125. The molecule has 0 unspecified atom stereocenters. The Morgan fingerprint density at radius 2 is 2.10 bits per heavy atom. The second kappa shape index (κ2) is 8.49. The normalized spacial score (nSPS) is 16.4. The first-order valence-electron chi connectivity index (χ1n) is 9.40. The molecule has 0 aliphatic carbocycles. The number of nitrogens with zero attached hydrogens (tertiary/aromatic N) is 2. The summed E-state index contributed by atoms with van der Waals surface area (Å²) in [6.07, 6.45) is 5.25. The van der Waals surface area contributed by atoms with Crippen molar-refractivity contribution in [2.45, 2.75) is 24.8 Å². The number of thioether (sulfide) groups is 1. The van der Waals surface area contributed by atoms with Crippen molar-refractivity contribution in [1.82, 2.24) is 4.57 Å². The molecule has 0 fully saturated rings. The van der Waals surface area contributed by atoms with Crippen molar-refractivity contribution in [3.63, 3.8) is 0 Å². The van der Waals surface area contributed by atoms with E-state index in [0.29, 0.717) is 26.4 Å². The SMILES string of the molecule is CCOC(=O)C1=C(C)N=c2s/c(=C/c3ccco3)c(=O)n2[C@H]1c1ccc(SC)cc1. The van der Waals surface area contributed by atoms with Gasteiger partial charge in [0, 0.05) is 11.0 Å². The maximum atomic E-state index is 13.3. The third-order valence-corrected chi connectivity index (χ3v) is 6.49. The average molecular weight is 441 g/mol. The minimum atomic E-state index is -0.602. The van der Waals surface area contributed by atoms with Gasteiger partial charge in [-0.2, -0.15) is 0 Å². The number of carbonyl (C=O) groups excluding carboxylic acids is 1. The Kier molecular flexibility index (Phi) is 5.78. The molecule has 8 heteroatoms. The van der Waals surface area contributed by atoms with E-state index in [-0.39, 0.29) is 12.2 Å². The van der Waals surface area contributed by atoms with Crippen LogP contribution in [0.2, 0.25) is 0 Å². The Morgan fingerprint density at radius 3 is 2.73 bits per heavy atom. The van der Waals surface area contributed by atoms with Gasteiger partial charge < -0.3 is 9.15 Å². The Hall–Kier alpha value is -2.84. The van der Waals surface area contributed by atoms with Crippen LogP contribution in [0.25, 0.3) is 6.08 Å². The summed E-state index contributed by atoms with van der Waals surface area (Å²) >= 11 is 2.91. The predicted molar refractivity (Wildman–Crippen MR) is 117 cm³/mol. The summed E-state index contributed by atoms with van der Waals surface area (Å²) in [7, 11) is 0. The van der Waals surface area contributed by atoms with E-state index >= 15 is 0 Å². The van der Waals surface area contributed by atoms with Crippen molar-refractivity contribution in [2.75, 3.05) is 12.9 Å². The average Bonchev–Trinajstić information content (AvgIpc) is 3.36. The topological polar surface area (TPSA) is 73.8 Å². The van der Waals surface area contributed by atoms with Crippen molar-refractivity contribution < 1.29 is 13.9 Å².